The van der Waals surface area contributed by atoms with Gasteiger partial charge in [-0.25, -0.2) is 0 Å². The van der Waals surface area contributed by atoms with Crippen molar-refractivity contribution in [2.75, 3.05) is 81.3 Å². The van der Waals surface area contributed by atoms with Crippen molar-refractivity contribution >= 4 is 17.7 Å². The van der Waals surface area contributed by atoms with Gasteiger partial charge in [-0.15, -0.1) is 0 Å². The van der Waals surface area contributed by atoms with Crippen LogP contribution in [0.5, 0.6) is 0 Å². The number of amides is 3. The number of hydrogen-bond donors (Lipinski definition) is 21. The minimum Gasteiger partial charge on any atom is -0.394 e. The number of aliphatic hydroxyl groups excluding tert-OH is 18. The number of rotatable bonds is 47. The molecule has 0 aromatic rings. The molecule has 818 valence electrons. The van der Waals surface area contributed by atoms with Crippen molar-refractivity contribution in [3.8, 4) is 0 Å². The first-order valence-corrected chi connectivity index (χ1v) is 48.5. The molecule has 0 saturated carbocycles. The Morgan fingerprint density at radius 1 is 0.316 bits per heavy atom. The first-order chi connectivity index (χ1) is 62.9. The Morgan fingerprint density at radius 3 is 0.949 bits per heavy atom. The monoisotopic (exact) mass is 1980 g/mol. The molecule has 4 heterocycles. The predicted molar refractivity (Wildman–Crippen MR) is 513 cm³/mol. The molecule has 17 unspecified atom stereocenters. The van der Waals surface area contributed by atoms with Crippen molar-refractivity contribution in [2.45, 2.75) is 503 Å². The van der Waals surface area contributed by atoms with Crippen LogP contribution in [-0.4, -0.2) is 440 Å². The molecule has 0 radical (unpaired) electrons. The Morgan fingerprint density at radius 2 is 0.610 bits per heavy atom. The van der Waals surface area contributed by atoms with Crippen molar-refractivity contribution in [3.05, 3.63) is 0 Å². The lowest BCUT2D eigenvalue weighted by Crippen LogP contribution is -2.60. The van der Waals surface area contributed by atoms with Gasteiger partial charge in [-0.3, -0.25) is 14.4 Å². The van der Waals surface area contributed by atoms with Gasteiger partial charge in [-0.1, -0.05) is 48.5 Å². The molecule has 4 fully saturated rings. The van der Waals surface area contributed by atoms with Crippen LogP contribution < -0.4 is 16.0 Å². The van der Waals surface area contributed by atoms with Gasteiger partial charge in [0.2, 0.25) is 17.7 Å². The van der Waals surface area contributed by atoms with E-state index < -0.39 is 160 Å². The molecule has 33 atom stereocenters. The Bertz CT molecular complexity index is 2960. The smallest absolute Gasteiger partial charge is 0.217 e. The molecule has 40 heteroatoms. The molecule has 0 spiro atoms. The maximum atomic E-state index is 11.2. The van der Waals surface area contributed by atoms with Crippen molar-refractivity contribution in [1.29, 1.82) is 0 Å². The summed E-state index contributed by atoms with van der Waals surface area (Å²) in [4.78, 5) is 33.5. The summed E-state index contributed by atoms with van der Waals surface area (Å²) >= 11 is 0. The van der Waals surface area contributed by atoms with E-state index in [1.54, 1.807) is 55.8 Å². The molecule has 4 aliphatic rings. The average molecular weight is 1990 g/mol. The maximum absolute atomic E-state index is 11.2. The summed E-state index contributed by atoms with van der Waals surface area (Å²) in [7, 11) is 6.27. The molecule has 0 aliphatic carbocycles. The minimum atomic E-state index is -1.29. The Hall–Kier alpha value is -2.95. The predicted octanol–water partition coefficient (Wildman–Crippen LogP) is 2.23. The van der Waals surface area contributed by atoms with Crippen molar-refractivity contribution in [3.63, 3.8) is 0 Å². The summed E-state index contributed by atoms with van der Waals surface area (Å²) in [5.41, 5.74) is -1.03. The zero-order valence-electron chi connectivity index (χ0n) is 89.5. The second-order valence-electron chi connectivity index (χ2n) is 38.8. The largest absolute Gasteiger partial charge is 0.394 e. The summed E-state index contributed by atoms with van der Waals surface area (Å²) in [6, 6.07) is -0.986. The molecule has 4 aliphatic heterocycles. The fourth-order valence-electron chi connectivity index (χ4n) is 15.7. The summed E-state index contributed by atoms with van der Waals surface area (Å²) in [6.07, 6.45) is -17.0. The van der Waals surface area contributed by atoms with Crippen LogP contribution >= 0.6 is 0 Å². The van der Waals surface area contributed by atoms with Gasteiger partial charge in [0.15, 0.2) is 0 Å². The zero-order chi connectivity index (χ0) is 107. The third-order valence-electron chi connectivity index (χ3n) is 23.5. The standard InChI is InChI=1S/2C13H27NO5.2C13H26O4.C12H25NO5.C12H24O4.C10H20O5.C10H22O5/c1-6-10(14-9(4)16)12(19-8(2)3)13(18-5)11(17)7-15;1-6-10(14-9(4)16)12(18-5)13(11(17)7-15)19-8(2)3;1-8(2)16-11-9(3)13(4,5)17-10(7-14)12(11)15-6;1-8(2)16-12-10(7-14)17-13(4,5)9(3)11(12)15-6;1-5-9(13-8(4)15)12(18-7(2)3)11(17)10(16)6-14;1-7(2)15-11-8(3)12(4,5)16-9(6-13)10(11)14;1-5(2)14-10-7(4-11)15-6(3)8(12)9(10)13;1-4-7(12)9(14)10(8(13)5-11)15-6(2)3/h2*8,10-13,15,17H,6-7H2,1-5H3,(H,14,16);2*8-12,14H,7H2,1-6H3;7,9-12,14,16-17H,5-6H2,1-4H3,(H,13,15);7-11,13-14H,6H2,1-5H3;5-13H,4H2,1-3H3;6-14H,4-5H2,1-3H3/t2*10-,11?,12?,13-;2*9-,10?,11?,12+;9-,10?,11+,12?;8-,9?,10-,11?;6?,7?,8-,9?,10-;7-,8?,9?,10-/m11001011/s1. The van der Waals surface area contributed by atoms with Gasteiger partial charge >= 0.3 is 0 Å². The highest BCUT2D eigenvalue weighted by Crippen LogP contribution is 2.40. The fraction of sp³-hybridized carbons (Fsp3) is 0.969. The molecular formula is C96H197N3O37. The van der Waals surface area contributed by atoms with E-state index in [1.807, 2.05) is 152 Å². The summed E-state index contributed by atoms with van der Waals surface area (Å²) in [5.74, 6) is -0.0810. The molecular weight excluding hydrogens is 1790 g/mol. The number of hydrogen-bond acceptors (Lipinski definition) is 37. The normalized spacial score (nSPS) is 28.2. The third-order valence-corrected chi connectivity index (χ3v) is 23.5. The lowest BCUT2D eigenvalue weighted by molar-refractivity contribution is -0.262. The number of carbonyl (C=O) groups excluding carboxylic acids is 3. The molecule has 21 N–H and O–H groups in total. The van der Waals surface area contributed by atoms with Crippen molar-refractivity contribution < 1.29 is 182 Å². The third kappa shape index (κ3) is 50.2. The van der Waals surface area contributed by atoms with Crippen LogP contribution in [0, 0.1) is 17.8 Å². The van der Waals surface area contributed by atoms with E-state index in [-0.39, 0.29) is 177 Å². The summed E-state index contributed by atoms with van der Waals surface area (Å²) < 4.78 is 89.7. The molecule has 0 bridgehead atoms. The average Bonchev–Trinajstić information content (AvgIpc) is 0.787. The van der Waals surface area contributed by atoms with Crippen LogP contribution in [0.25, 0.3) is 0 Å². The van der Waals surface area contributed by atoms with Crippen LogP contribution in [0.15, 0.2) is 0 Å². The first-order valence-electron chi connectivity index (χ1n) is 48.5. The molecule has 0 aromatic heterocycles. The van der Waals surface area contributed by atoms with E-state index >= 15 is 0 Å². The topological polar surface area (TPSA) is 599 Å². The lowest BCUT2D eigenvalue weighted by Gasteiger charge is -2.49. The number of methoxy groups -OCH3 is 4. The highest BCUT2D eigenvalue weighted by Gasteiger charge is 2.52. The highest BCUT2D eigenvalue weighted by atomic mass is 16.6. The lowest BCUT2D eigenvalue weighted by atomic mass is 9.80. The number of ether oxygens (including phenoxy) is 16. The quantitative estimate of drug-likeness (QED) is 0.0415. The molecule has 136 heavy (non-hydrogen) atoms. The van der Waals surface area contributed by atoms with Gasteiger partial charge in [0.05, 0.1) is 167 Å². The van der Waals surface area contributed by atoms with Gasteiger partial charge < -0.3 is 184 Å². The second-order valence-corrected chi connectivity index (χ2v) is 38.8. The van der Waals surface area contributed by atoms with E-state index in [0.717, 1.165) is 0 Å². The van der Waals surface area contributed by atoms with E-state index in [0.29, 0.717) is 25.7 Å². The Labute approximate surface area is 814 Å². The minimum absolute atomic E-state index is 0.0482. The van der Waals surface area contributed by atoms with Crippen LogP contribution in [0.4, 0.5) is 0 Å². The number of carbonyl (C=O) groups is 3. The highest BCUT2D eigenvalue weighted by molar-refractivity contribution is 5.74. The number of nitrogens with one attached hydrogen (secondary N) is 3. The van der Waals surface area contributed by atoms with Crippen molar-refractivity contribution in [1.82, 2.24) is 16.0 Å². The SMILES string of the molecule is CC(C)OC1[C@@H](O)C(CO)OC(C)(C)[C@H]1C.CC(C)O[C@@H]1C(CO)OC(C)[C@@H](O)C1O.CC[C@@H](NC(C)=O)C(OC(C)C)[C@@H](O)C(O)CO.CC[C@@H](NC(C)=O)C(OC(C)C)[C@H](OC)C(O)CO.CC[C@@H](NC(C)=O)C(OC)[C@H](OC(C)C)C(O)CO.CC[C@@H](O)C(O)[C@H](OC(C)C)C(O)CO.COC1[C@H](OC(C)C)C(CO)OC(C)(C)[C@H]1C.CO[C@@H]1C(CO)OC(C)(C)[C@@H](C)C1OC(C)C. The van der Waals surface area contributed by atoms with Gasteiger partial charge in [0.1, 0.15) is 134 Å². The Balaban J connectivity index is -0.000000733. The van der Waals surface area contributed by atoms with Crippen LogP contribution in [0.2, 0.25) is 0 Å². The fourth-order valence-corrected chi connectivity index (χ4v) is 15.7. The number of aliphatic hydroxyl groups is 18. The molecule has 3 amide bonds. The maximum Gasteiger partial charge on any atom is 0.217 e. The Kier molecular flexibility index (Phi) is 73.3. The molecule has 4 saturated heterocycles. The summed E-state index contributed by atoms with van der Waals surface area (Å²) in [5, 5.41) is 178. The second kappa shape index (κ2) is 71.5. The van der Waals surface area contributed by atoms with E-state index in [1.165, 1.54) is 35.0 Å². The van der Waals surface area contributed by atoms with E-state index in [2.05, 4.69) is 29.8 Å². The van der Waals surface area contributed by atoms with Crippen molar-refractivity contribution in [2.24, 2.45) is 17.8 Å². The van der Waals surface area contributed by atoms with E-state index in [9.17, 15) is 80.8 Å². The van der Waals surface area contributed by atoms with E-state index in [4.69, 9.17) is 101 Å². The first kappa shape index (κ1) is 139. The zero-order valence-corrected chi connectivity index (χ0v) is 89.5. The molecule has 40 nitrogen and oxygen atoms in total. The van der Waals surface area contributed by atoms with Gasteiger partial charge in [0.25, 0.3) is 0 Å². The van der Waals surface area contributed by atoms with Crippen LogP contribution in [-0.2, 0) is 90.2 Å². The van der Waals surface area contributed by atoms with Gasteiger partial charge in [-0.05, 0) is 185 Å². The van der Waals surface area contributed by atoms with Crippen LogP contribution in [0.3, 0.4) is 0 Å². The van der Waals surface area contributed by atoms with Gasteiger partial charge in [-0.2, -0.15) is 0 Å². The van der Waals surface area contributed by atoms with Gasteiger partial charge in [0, 0.05) is 67.0 Å². The molecule has 0 aromatic carbocycles. The molecule has 4 rings (SSSR count). The summed E-state index contributed by atoms with van der Waals surface area (Å²) in [6.45, 7) is 59.1. The van der Waals surface area contributed by atoms with Crippen LogP contribution in [0.1, 0.15) is 254 Å².